The van der Waals surface area contributed by atoms with Gasteiger partial charge in [0.05, 0.1) is 0 Å². The lowest BCUT2D eigenvalue weighted by Gasteiger charge is -2.19. The number of nitrogens with two attached hydrogens (primary N) is 1. The van der Waals surface area contributed by atoms with Crippen molar-refractivity contribution < 1.29 is 5.11 Å². The van der Waals surface area contributed by atoms with Gasteiger partial charge in [-0.1, -0.05) is 25.7 Å². The van der Waals surface area contributed by atoms with Crippen LogP contribution < -0.4 is 5.73 Å². The molecule has 0 aromatic rings. The maximum Gasteiger partial charge on any atom is 0.0431 e. The van der Waals surface area contributed by atoms with E-state index in [1.165, 1.54) is 71.0 Å². The fraction of sp³-hybridized carbons (Fsp3) is 1.00. The second-order valence-corrected chi connectivity index (χ2v) is 5.38. The average Bonchev–Trinajstić information content (AvgIpc) is 2.53. The van der Waals surface area contributed by atoms with Gasteiger partial charge in [0.15, 0.2) is 0 Å². The fourth-order valence-corrected chi connectivity index (χ4v) is 2.56. The molecule has 0 amide bonds. The molecule has 0 unspecified atom stereocenters. The van der Waals surface area contributed by atoms with Crippen LogP contribution in [0.3, 0.4) is 0 Å². The van der Waals surface area contributed by atoms with Gasteiger partial charge in [0.1, 0.15) is 0 Å². The maximum atomic E-state index is 8.67. The van der Waals surface area contributed by atoms with Gasteiger partial charge in [0.25, 0.3) is 0 Å². The van der Waals surface area contributed by atoms with E-state index < -0.39 is 0 Å². The number of aliphatic hydroxyl groups is 1. The molecule has 1 heterocycles. The van der Waals surface area contributed by atoms with E-state index in [0.717, 1.165) is 6.42 Å². The predicted octanol–water partition coefficient (Wildman–Crippen LogP) is 2.13. The Hall–Kier alpha value is -0.120. The van der Waals surface area contributed by atoms with E-state index in [-0.39, 0.29) is 0 Å². The molecule has 0 spiro atoms. The minimum Gasteiger partial charge on any atom is -0.396 e. The number of unbranched alkanes of at least 4 members (excludes halogenated alkanes) is 5. The average molecular weight is 242 g/mol. The molecule has 3 heteroatoms. The highest BCUT2D eigenvalue weighted by molar-refractivity contribution is 4.71. The first-order valence-electron chi connectivity index (χ1n) is 7.41. The Bertz CT molecular complexity index is 176. The van der Waals surface area contributed by atoms with Crippen molar-refractivity contribution in [1.29, 1.82) is 0 Å². The number of aliphatic hydroxyl groups excluding tert-OH is 1. The van der Waals surface area contributed by atoms with E-state index in [2.05, 4.69) is 4.90 Å². The van der Waals surface area contributed by atoms with Crippen molar-refractivity contribution >= 4 is 0 Å². The molecule has 1 rings (SSSR count). The molecular weight excluding hydrogens is 212 g/mol. The maximum absolute atomic E-state index is 8.67. The van der Waals surface area contributed by atoms with Crippen LogP contribution in [0.2, 0.25) is 0 Å². The topological polar surface area (TPSA) is 49.5 Å². The summed E-state index contributed by atoms with van der Waals surface area (Å²) in [6, 6.07) is 0.443. The number of likely N-dealkylation sites (tertiary alicyclic amines) is 1. The predicted molar refractivity (Wildman–Crippen MR) is 73.1 cm³/mol. The van der Waals surface area contributed by atoms with E-state index in [1.807, 2.05) is 0 Å². The molecule has 3 nitrogen and oxygen atoms in total. The van der Waals surface area contributed by atoms with Gasteiger partial charge in [0.2, 0.25) is 0 Å². The molecule has 0 aliphatic carbocycles. The van der Waals surface area contributed by atoms with Crippen LogP contribution >= 0.6 is 0 Å². The summed E-state index contributed by atoms with van der Waals surface area (Å²) in [4.78, 5) is 2.58. The van der Waals surface area contributed by atoms with Crippen LogP contribution in [0, 0.1) is 0 Å². The minimum absolute atomic E-state index is 0.355. The molecule has 3 N–H and O–H groups in total. The summed E-state index contributed by atoms with van der Waals surface area (Å²) in [7, 11) is 0. The van der Waals surface area contributed by atoms with E-state index in [0.29, 0.717) is 12.6 Å². The Labute approximate surface area is 106 Å². The largest absolute Gasteiger partial charge is 0.396 e. The molecule has 1 atom stereocenters. The zero-order valence-corrected chi connectivity index (χ0v) is 11.2. The lowest BCUT2D eigenvalue weighted by atomic mass is 10.1. The first kappa shape index (κ1) is 14.9. The van der Waals surface area contributed by atoms with Crippen molar-refractivity contribution in [2.45, 2.75) is 63.8 Å². The summed E-state index contributed by atoms with van der Waals surface area (Å²) in [5.74, 6) is 0. The van der Waals surface area contributed by atoms with Crippen LogP contribution in [0.1, 0.15) is 57.8 Å². The van der Waals surface area contributed by atoms with Gasteiger partial charge in [-0.05, 0) is 51.7 Å². The van der Waals surface area contributed by atoms with Crippen LogP contribution in [0.15, 0.2) is 0 Å². The molecule has 102 valence electrons. The molecule has 0 bridgehead atoms. The Morgan fingerprint density at radius 2 is 1.65 bits per heavy atom. The summed E-state index contributed by atoms with van der Waals surface area (Å²) < 4.78 is 0. The van der Waals surface area contributed by atoms with Gasteiger partial charge >= 0.3 is 0 Å². The fourth-order valence-electron chi connectivity index (χ4n) is 2.56. The Morgan fingerprint density at radius 3 is 2.41 bits per heavy atom. The van der Waals surface area contributed by atoms with Gasteiger partial charge in [0, 0.05) is 12.6 Å². The highest BCUT2D eigenvalue weighted by atomic mass is 16.2. The molecule has 17 heavy (non-hydrogen) atoms. The van der Waals surface area contributed by atoms with E-state index in [1.54, 1.807) is 0 Å². The Morgan fingerprint density at radius 1 is 0.941 bits per heavy atom. The highest BCUT2D eigenvalue weighted by Crippen LogP contribution is 2.11. The van der Waals surface area contributed by atoms with Gasteiger partial charge in [-0.2, -0.15) is 0 Å². The van der Waals surface area contributed by atoms with Crippen molar-refractivity contribution in [1.82, 2.24) is 4.90 Å². The van der Waals surface area contributed by atoms with E-state index >= 15 is 0 Å². The van der Waals surface area contributed by atoms with Crippen LogP contribution in [0.4, 0.5) is 0 Å². The van der Waals surface area contributed by atoms with Gasteiger partial charge in [-0.15, -0.1) is 0 Å². The standard InChI is InChI=1S/C14H30N2O/c15-14-8-7-11-16(12-9-14)10-5-3-1-2-4-6-13-17/h14,17H,1-13,15H2/t14-/m0/s1. The summed E-state index contributed by atoms with van der Waals surface area (Å²) in [5.41, 5.74) is 5.97. The summed E-state index contributed by atoms with van der Waals surface area (Å²) in [5, 5.41) is 8.67. The van der Waals surface area contributed by atoms with Crippen molar-refractivity contribution in [3.63, 3.8) is 0 Å². The number of hydrogen-bond acceptors (Lipinski definition) is 3. The molecule has 1 fully saturated rings. The third-order valence-electron chi connectivity index (χ3n) is 3.75. The van der Waals surface area contributed by atoms with Crippen molar-refractivity contribution in [2.75, 3.05) is 26.2 Å². The smallest absolute Gasteiger partial charge is 0.0431 e. The van der Waals surface area contributed by atoms with Crippen molar-refractivity contribution in [3.8, 4) is 0 Å². The molecule has 1 aliphatic rings. The van der Waals surface area contributed by atoms with Crippen LogP contribution in [0.25, 0.3) is 0 Å². The number of rotatable bonds is 8. The lowest BCUT2D eigenvalue weighted by molar-refractivity contribution is 0.273. The summed E-state index contributed by atoms with van der Waals surface area (Å²) in [6.07, 6.45) is 11.1. The van der Waals surface area contributed by atoms with Gasteiger partial charge in [-0.25, -0.2) is 0 Å². The molecule has 0 aromatic heterocycles. The molecule has 0 radical (unpaired) electrons. The first-order chi connectivity index (χ1) is 8.33. The lowest BCUT2D eigenvalue weighted by Crippen LogP contribution is -2.27. The SMILES string of the molecule is N[C@H]1CCCN(CCCCCCCCO)CC1. The van der Waals surface area contributed by atoms with Crippen LogP contribution in [-0.2, 0) is 0 Å². The monoisotopic (exact) mass is 242 g/mol. The first-order valence-corrected chi connectivity index (χ1v) is 7.41. The number of nitrogens with zero attached hydrogens (tertiary/aromatic N) is 1. The quantitative estimate of drug-likeness (QED) is 0.641. The van der Waals surface area contributed by atoms with E-state index in [9.17, 15) is 0 Å². The third-order valence-corrected chi connectivity index (χ3v) is 3.75. The summed E-state index contributed by atoms with van der Waals surface area (Å²) >= 11 is 0. The normalized spacial score (nSPS) is 22.6. The zero-order valence-electron chi connectivity index (χ0n) is 11.2. The second-order valence-electron chi connectivity index (χ2n) is 5.38. The molecule has 1 saturated heterocycles. The minimum atomic E-state index is 0.355. The third kappa shape index (κ3) is 7.74. The molecular formula is C14H30N2O. The van der Waals surface area contributed by atoms with Crippen LogP contribution in [-0.4, -0.2) is 42.3 Å². The van der Waals surface area contributed by atoms with Gasteiger partial charge < -0.3 is 15.7 Å². The van der Waals surface area contributed by atoms with Crippen molar-refractivity contribution in [3.05, 3.63) is 0 Å². The number of hydrogen-bond donors (Lipinski definition) is 2. The highest BCUT2D eigenvalue weighted by Gasteiger charge is 2.12. The molecule has 1 aliphatic heterocycles. The van der Waals surface area contributed by atoms with Crippen LogP contribution in [0.5, 0.6) is 0 Å². The Balaban J connectivity index is 1.91. The van der Waals surface area contributed by atoms with Gasteiger partial charge in [-0.3, -0.25) is 0 Å². The summed E-state index contributed by atoms with van der Waals surface area (Å²) in [6.45, 7) is 4.06. The molecule has 0 aromatic carbocycles. The van der Waals surface area contributed by atoms with Crippen molar-refractivity contribution in [2.24, 2.45) is 5.73 Å². The molecule has 0 saturated carbocycles. The zero-order chi connectivity index (χ0) is 12.3. The van der Waals surface area contributed by atoms with E-state index in [4.69, 9.17) is 10.8 Å². The Kier molecular flexibility index (Phi) is 8.67. The second kappa shape index (κ2) is 9.86.